The van der Waals surface area contributed by atoms with Gasteiger partial charge in [-0.05, 0) is 94.0 Å². The monoisotopic (exact) mass is 867 g/mol. The Morgan fingerprint density at radius 3 is 1.24 bits per heavy atom. The topological polar surface area (TPSA) is 59.4 Å². The first-order chi connectivity index (χ1) is 33.7. The molecule has 0 aliphatic rings. The van der Waals surface area contributed by atoms with E-state index in [1.54, 1.807) is 0 Å². The lowest BCUT2D eigenvalue weighted by atomic mass is 9.92. The molecule has 0 atom stereocenters. The van der Waals surface area contributed by atoms with Crippen LogP contribution in [0, 0.1) is 0 Å². The first-order valence-corrected chi connectivity index (χ1v) is 23.0. The van der Waals surface area contributed by atoms with Crippen LogP contribution in [0.25, 0.3) is 128 Å². The zero-order valence-electron chi connectivity index (χ0n) is 36.9. The third-order valence-electron chi connectivity index (χ3n) is 13.2. The molecule has 13 rings (SSSR count). The molecule has 0 fully saturated rings. The van der Waals surface area contributed by atoms with Crippen molar-refractivity contribution in [3.05, 3.63) is 243 Å². The van der Waals surface area contributed by atoms with Gasteiger partial charge < -0.3 is 9.55 Å². The first-order valence-electron chi connectivity index (χ1n) is 23.0. The third kappa shape index (κ3) is 6.84. The molecule has 318 valence electrons. The largest absolute Gasteiger partial charge is 0.353 e. The van der Waals surface area contributed by atoms with Crippen LogP contribution >= 0.6 is 0 Å². The molecule has 5 heteroatoms. The highest BCUT2D eigenvalue weighted by atomic mass is 15.0. The summed E-state index contributed by atoms with van der Waals surface area (Å²) in [5, 5.41) is 4.75. The Hall–Kier alpha value is -9.19. The Morgan fingerprint density at radius 2 is 0.676 bits per heavy atom. The maximum Gasteiger partial charge on any atom is 0.164 e. The van der Waals surface area contributed by atoms with Gasteiger partial charge in [-0.3, -0.25) is 0 Å². The standard InChI is InChI=1S/C63H41N5/c1-6-19-41(20-7-1)48-37-52(45-27-18-28-47(35-45)63-66-61(43-23-10-3-11-24-43)65-62(67-63)44-25-12-4-13-26-44)59-55(39-48)56-40-49(42-21-8-2-9-22-42)38-53(60(56)64-59)46-33-34-58-54(36-46)51-31-16-17-32-57(51)68(58)50-29-14-5-15-30-50/h1-40,64H. The van der Waals surface area contributed by atoms with Crippen LogP contribution in [0.5, 0.6) is 0 Å². The highest BCUT2D eigenvalue weighted by Gasteiger charge is 2.21. The molecule has 13 aromatic rings. The molecule has 0 saturated carbocycles. The summed E-state index contributed by atoms with van der Waals surface area (Å²) in [7, 11) is 0. The lowest BCUT2D eigenvalue weighted by molar-refractivity contribution is 1.07. The molecule has 10 aromatic carbocycles. The van der Waals surface area contributed by atoms with Gasteiger partial charge in [0.05, 0.1) is 22.1 Å². The number of para-hydroxylation sites is 2. The van der Waals surface area contributed by atoms with Gasteiger partial charge in [0.25, 0.3) is 0 Å². The van der Waals surface area contributed by atoms with Crippen LogP contribution in [0.4, 0.5) is 0 Å². The summed E-state index contributed by atoms with van der Waals surface area (Å²) in [5.41, 5.74) is 17.5. The van der Waals surface area contributed by atoms with Gasteiger partial charge in [0, 0.05) is 55.0 Å². The molecule has 0 unspecified atom stereocenters. The van der Waals surface area contributed by atoms with Crippen molar-refractivity contribution in [1.29, 1.82) is 0 Å². The Balaban J connectivity index is 1.05. The fraction of sp³-hybridized carbons (Fsp3) is 0. The van der Waals surface area contributed by atoms with Crippen LogP contribution in [0.3, 0.4) is 0 Å². The molecule has 5 nitrogen and oxygen atoms in total. The predicted octanol–water partition coefficient (Wildman–Crippen LogP) is 16.3. The van der Waals surface area contributed by atoms with E-state index in [0.717, 1.165) is 83.1 Å². The molecule has 1 N–H and O–H groups in total. The first kappa shape index (κ1) is 39.2. The van der Waals surface area contributed by atoms with Gasteiger partial charge in [-0.2, -0.15) is 0 Å². The molecule has 0 aliphatic heterocycles. The maximum absolute atomic E-state index is 5.11. The minimum absolute atomic E-state index is 0.616. The van der Waals surface area contributed by atoms with Gasteiger partial charge in [0.15, 0.2) is 17.5 Å². The summed E-state index contributed by atoms with van der Waals surface area (Å²) in [6, 6.07) is 86.1. The summed E-state index contributed by atoms with van der Waals surface area (Å²) < 4.78 is 2.38. The SMILES string of the molecule is c1ccc(-c2cc(-c3cccc(-c4nc(-c5ccccc5)nc(-c5ccccc5)n4)c3)c3[nH]c4c(-c5ccc6c(c5)c5ccccc5n6-c5ccccc5)cc(-c5ccccc5)cc4c3c2)cc1. The third-order valence-corrected chi connectivity index (χ3v) is 13.2. The molecule has 68 heavy (non-hydrogen) atoms. The maximum atomic E-state index is 5.11. The minimum Gasteiger partial charge on any atom is -0.353 e. The number of benzene rings is 10. The predicted molar refractivity (Wildman–Crippen MR) is 282 cm³/mol. The summed E-state index contributed by atoms with van der Waals surface area (Å²) in [4.78, 5) is 19.2. The number of rotatable bonds is 8. The average molecular weight is 868 g/mol. The van der Waals surface area contributed by atoms with E-state index < -0.39 is 0 Å². The van der Waals surface area contributed by atoms with Crippen LogP contribution in [0.2, 0.25) is 0 Å². The van der Waals surface area contributed by atoms with Crippen molar-refractivity contribution in [2.75, 3.05) is 0 Å². The summed E-state index contributed by atoms with van der Waals surface area (Å²) in [6.07, 6.45) is 0. The van der Waals surface area contributed by atoms with E-state index in [1.807, 2.05) is 60.7 Å². The number of H-pyrrole nitrogens is 1. The second-order valence-electron chi connectivity index (χ2n) is 17.3. The van der Waals surface area contributed by atoms with Gasteiger partial charge in [0.1, 0.15) is 0 Å². The van der Waals surface area contributed by atoms with Gasteiger partial charge in [-0.25, -0.2) is 15.0 Å². The van der Waals surface area contributed by atoms with Gasteiger partial charge in [-0.1, -0.05) is 182 Å². The summed E-state index contributed by atoms with van der Waals surface area (Å²) >= 11 is 0. The van der Waals surface area contributed by atoms with Gasteiger partial charge in [0.2, 0.25) is 0 Å². The minimum atomic E-state index is 0.616. The zero-order valence-corrected chi connectivity index (χ0v) is 36.9. The smallest absolute Gasteiger partial charge is 0.164 e. The molecule has 0 saturated heterocycles. The summed E-state index contributed by atoms with van der Waals surface area (Å²) in [5.74, 6) is 1.88. The van der Waals surface area contributed by atoms with Gasteiger partial charge >= 0.3 is 0 Å². The molecule has 0 bridgehead atoms. The highest BCUT2D eigenvalue weighted by Crippen LogP contribution is 2.44. The Bertz CT molecular complexity index is 3930. The number of nitrogens with zero attached hydrogens (tertiary/aromatic N) is 4. The second kappa shape index (κ2) is 16.4. The van der Waals surface area contributed by atoms with Crippen LogP contribution in [-0.2, 0) is 0 Å². The van der Waals surface area contributed by atoms with E-state index in [9.17, 15) is 0 Å². The van der Waals surface area contributed by atoms with Crippen LogP contribution in [0.1, 0.15) is 0 Å². The van der Waals surface area contributed by atoms with E-state index in [-0.39, 0.29) is 0 Å². The normalized spacial score (nSPS) is 11.5. The van der Waals surface area contributed by atoms with Crippen LogP contribution < -0.4 is 0 Å². The van der Waals surface area contributed by atoms with E-state index in [0.29, 0.717) is 17.5 Å². The molecule has 0 spiro atoms. The van der Waals surface area contributed by atoms with Crippen molar-refractivity contribution in [1.82, 2.24) is 24.5 Å². The second-order valence-corrected chi connectivity index (χ2v) is 17.3. The number of aromatic nitrogens is 5. The number of hydrogen-bond acceptors (Lipinski definition) is 3. The Morgan fingerprint density at radius 1 is 0.265 bits per heavy atom. The Labute approximate surface area is 393 Å². The van der Waals surface area contributed by atoms with Crippen molar-refractivity contribution in [3.8, 4) is 84.4 Å². The molecule has 0 amide bonds. The highest BCUT2D eigenvalue weighted by molar-refractivity contribution is 6.19. The van der Waals surface area contributed by atoms with Gasteiger partial charge in [-0.15, -0.1) is 0 Å². The van der Waals surface area contributed by atoms with Crippen LogP contribution in [-0.4, -0.2) is 24.5 Å². The molecule has 3 aromatic heterocycles. The molecule has 0 radical (unpaired) electrons. The summed E-state index contributed by atoms with van der Waals surface area (Å²) in [6.45, 7) is 0. The molecule has 3 heterocycles. The molecular weight excluding hydrogens is 827 g/mol. The van der Waals surface area contributed by atoms with Crippen molar-refractivity contribution < 1.29 is 0 Å². The Kier molecular flexibility index (Phi) is 9.43. The van der Waals surface area contributed by atoms with Crippen molar-refractivity contribution >= 4 is 43.6 Å². The number of fused-ring (bicyclic) bond motifs is 6. The number of aromatic amines is 1. The fourth-order valence-corrected chi connectivity index (χ4v) is 9.91. The molecular formula is C63H41N5. The zero-order chi connectivity index (χ0) is 45.0. The van der Waals surface area contributed by atoms with Crippen LogP contribution in [0.15, 0.2) is 243 Å². The fourth-order valence-electron chi connectivity index (χ4n) is 9.91. The average Bonchev–Trinajstić information content (AvgIpc) is 3.97. The number of nitrogens with one attached hydrogen (secondary N) is 1. The lowest BCUT2D eigenvalue weighted by Crippen LogP contribution is -2.00. The van der Waals surface area contributed by atoms with E-state index in [4.69, 9.17) is 15.0 Å². The lowest BCUT2D eigenvalue weighted by Gasteiger charge is -2.12. The number of hydrogen-bond donors (Lipinski definition) is 1. The molecule has 0 aliphatic carbocycles. The quantitative estimate of drug-likeness (QED) is 0.165. The van der Waals surface area contributed by atoms with Crippen molar-refractivity contribution in [2.45, 2.75) is 0 Å². The van der Waals surface area contributed by atoms with E-state index in [1.165, 1.54) is 27.4 Å². The van der Waals surface area contributed by atoms with Crippen molar-refractivity contribution in [3.63, 3.8) is 0 Å². The van der Waals surface area contributed by atoms with E-state index in [2.05, 4.69) is 192 Å². The van der Waals surface area contributed by atoms with Crippen molar-refractivity contribution in [2.24, 2.45) is 0 Å². The van der Waals surface area contributed by atoms with E-state index >= 15 is 0 Å².